The highest BCUT2D eigenvalue weighted by molar-refractivity contribution is 6.31. The van der Waals surface area contributed by atoms with E-state index in [4.69, 9.17) is 17.3 Å². The maximum atomic E-state index is 5.94. The second kappa shape index (κ2) is 3.70. The minimum Gasteiger partial charge on any atom is -0.321 e. The van der Waals surface area contributed by atoms with Crippen LogP contribution in [0.2, 0.25) is 5.02 Å². The number of hydrogen-bond donors (Lipinski definition) is 1. The lowest BCUT2D eigenvalue weighted by Gasteiger charge is -2.08. The lowest BCUT2D eigenvalue weighted by atomic mass is 10.1. The molecule has 64 valence electrons. The minimum atomic E-state index is -0.231. The number of aryl methyl sites for hydroxylation is 1. The van der Waals surface area contributed by atoms with Gasteiger partial charge in [-0.2, -0.15) is 0 Å². The van der Waals surface area contributed by atoms with Gasteiger partial charge in [0.15, 0.2) is 0 Å². The predicted octanol–water partition coefficient (Wildman–Crippen LogP) is 2.23. The summed E-state index contributed by atoms with van der Waals surface area (Å²) in [4.78, 5) is 4.10. The van der Waals surface area contributed by atoms with Crippen molar-refractivity contribution >= 4 is 11.6 Å². The molecule has 3 heteroatoms. The molecule has 0 aliphatic rings. The first kappa shape index (κ1) is 9.23. The fraction of sp³-hybridized carbons (Fsp3) is 0.222. The van der Waals surface area contributed by atoms with Crippen molar-refractivity contribution < 1.29 is 0 Å². The Morgan fingerprint density at radius 2 is 2.42 bits per heavy atom. The van der Waals surface area contributed by atoms with Crippen molar-refractivity contribution in [1.82, 2.24) is 4.98 Å². The lowest BCUT2D eigenvalue weighted by Crippen LogP contribution is -2.07. The molecule has 0 aliphatic carbocycles. The summed E-state index contributed by atoms with van der Waals surface area (Å²) in [6.45, 7) is 5.47. The predicted molar refractivity (Wildman–Crippen MR) is 51.1 cm³/mol. The van der Waals surface area contributed by atoms with Crippen LogP contribution in [0.25, 0.3) is 0 Å². The minimum absolute atomic E-state index is 0.231. The Morgan fingerprint density at radius 3 is 2.92 bits per heavy atom. The summed E-state index contributed by atoms with van der Waals surface area (Å²) in [5.74, 6) is 0. The number of nitrogens with two attached hydrogens (primary N) is 1. The third-order valence-corrected chi connectivity index (χ3v) is 1.96. The molecule has 0 saturated heterocycles. The van der Waals surface area contributed by atoms with Gasteiger partial charge in [0.25, 0.3) is 0 Å². The van der Waals surface area contributed by atoms with Crippen molar-refractivity contribution in [2.75, 3.05) is 0 Å². The van der Waals surface area contributed by atoms with Gasteiger partial charge in [-0.1, -0.05) is 17.7 Å². The van der Waals surface area contributed by atoms with Gasteiger partial charge in [-0.3, -0.25) is 4.98 Å². The second-order valence-electron chi connectivity index (χ2n) is 2.61. The van der Waals surface area contributed by atoms with Crippen molar-refractivity contribution in [3.8, 4) is 0 Å². The van der Waals surface area contributed by atoms with E-state index in [9.17, 15) is 0 Å². The second-order valence-corrected chi connectivity index (χ2v) is 3.02. The quantitative estimate of drug-likeness (QED) is 0.713. The van der Waals surface area contributed by atoms with Gasteiger partial charge >= 0.3 is 0 Å². The molecule has 0 radical (unpaired) electrons. The zero-order valence-corrected chi connectivity index (χ0v) is 7.67. The van der Waals surface area contributed by atoms with Crippen molar-refractivity contribution in [2.24, 2.45) is 5.73 Å². The van der Waals surface area contributed by atoms with Crippen LogP contribution in [0.5, 0.6) is 0 Å². The number of rotatable bonds is 2. The average Bonchev–Trinajstić information content (AvgIpc) is 2.03. The van der Waals surface area contributed by atoms with Crippen molar-refractivity contribution in [1.29, 1.82) is 0 Å². The molecule has 0 fully saturated rings. The standard InChI is InChI=1S/C9H11ClN2/c1-3-9(11)7-5-12-6(2)4-8(7)10/h3-5,9H,1,11H2,2H3/t9-/m0/s1. The fourth-order valence-electron chi connectivity index (χ4n) is 0.909. The van der Waals surface area contributed by atoms with Crippen LogP contribution in [-0.4, -0.2) is 4.98 Å². The first-order valence-corrected chi connectivity index (χ1v) is 4.03. The molecule has 12 heavy (non-hydrogen) atoms. The van der Waals surface area contributed by atoms with Gasteiger partial charge in [0, 0.05) is 22.5 Å². The summed E-state index contributed by atoms with van der Waals surface area (Å²) < 4.78 is 0. The van der Waals surface area contributed by atoms with Crippen LogP contribution < -0.4 is 5.73 Å². The molecule has 0 amide bonds. The number of nitrogens with zero attached hydrogens (tertiary/aromatic N) is 1. The van der Waals surface area contributed by atoms with E-state index in [1.165, 1.54) is 0 Å². The van der Waals surface area contributed by atoms with Crippen LogP contribution in [-0.2, 0) is 0 Å². The maximum Gasteiger partial charge on any atom is 0.0508 e. The third kappa shape index (κ3) is 1.84. The molecule has 0 spiro atoms. The van der Waals surface area contributed by atoms with Crippen molar-refractivity contribution in [2.45, 2.75) is 13.0 Å². The maximum absolute atomic E-state index is 5.94. The molecule has 2 N–H and O–H groups in total. The van der Waals surface area contributed by atoms with Crippen LogP contribution in [0.1, 0.15) is 17.3 Å². The smallest absolute Gasteiger partial charge is 0.0508 e. The summed E-state index contributed by atoms with van der Waals surface area (Å²) in [5, 5.41) is 0.648. The highest BCUT2D eigenvalue weighted by Gasteiger charge is 2.06. The number of pyridine rings is 1. The van der Waals surface area contributed by atoms with Crippen LogP contribution >= 0.6 is 11.6 Å². The van der Waals surface area contributed by atoms with Crippen molar-refractivity contribution in [3.05, 3.63) is 41.2 Å². The first-order valence-electron chi connectivity index (χ1n) is 3.65. The molecule has 0 aliphatic heterocycles. The van der Waals surface area contributed by atoms with Gasteiger partial charge in [0.1, 0.15) is 0 Å². The molecule has 0 unspecified atom stereocenters. The molecule has 0 aromatic carbocycles. The number of hydrogen-bond acceptors (Lipinski definition) is 2. The Labute approximate surface area is 77.1 Å². The van der Waals surface area contributed by atoms with Crippen LogP contribution in [0.4, 0.5) is 0 Å². The summed E-state index contributed by atoms with van der Waals surface area (Å²) in [7, 11) is 0. The third-order valence-electron chi connectivity index (χ3n) is 1.63. The Balaban J connectivity index is 3.09. The molecule has 0 saturated carbocycles. The van der Waals surface area contributed by atoms with Crippen LogP contribution in [0, 0.1) is 6.92 Å². The summed E-state index contributed by atoms with van der Waals surface area (Å²) in [5.41, 5.74) is 7.41. The zero-order valence-electron chi connectivity index (χ0n) is 6.92. The van der Waals surface area contributed by atoms with E-state index in [2.05, 4.69) is 11.6 Å². The Kier molecular flexibility index (Phi) is 2.84. The average molecular weight is 183 g/mol. The van der Waals surface area contributed by atoms with E-state index < -0.39 is 0 Å². The molecular formula is C9H11ClN2. The SMILES string of the molecule is C=C[C@H](N)c1cnc(C)cc1Cl. The van der Waals surface area contributed by atoms with Crippen LogP contribution in [0.3, 0.4) is 0 Å². The summed E-state index contributed by atoms with van der Waals surface area (Å²) >= 11 is 5.94. The van der Waals surface area contributed by atoms with E-state index in [0.717, 1.165) is 11.3 Å². The van der Waals surface area contributed by atoms with Gasteiger partial charge < -0.3 is 5.73 Å². The molecule has 1 atom stereocenters. The van der Waals surface area contributed by atoms with Gasteiger partial charge in [0.05, 0.1) is 6.04 Å². The normalized spacial score (nSPS) is 12.6. The fourth-order valence-corrected chi connectivity index (χ4v) is 1.24. The van der Waals surface area contributed by atoms with Gasteiger partial charge in [-0.25, -0.2) is 0 Å². The molecular weight excluding hydrogens is 172 g/mol. The van der Waals surface area contributed by atoms with Gasteiger partial charge in [-0.15, -0.1) is 6.58 Å². The van der Waals surface area contributed by atoms with E-state index in [1.807, 2.05) is 6.92 Å². The van der Waals surface area contributed by atoms with E-state index in [1.54, 1.807) is 18.3 Å². The molecule has 1 aromatic rings. The Hall–Kier alpha value is -0.860. The number of halogens is 1. The highest BCUT2D eigenvalue weighted by atomic mass is 35.5. The number of aromatic nitrogens is 1. The van der Waals surface area contributed by atoms with Crippen molar-refractivity contribution in [3.63, 3.8) is 0 Å². The van der Waals surface area contributed by atoms with Crippen LogP contribution in [0.15, 0.2) is 24.9 Å². The molecule has 1 aromatic heterocycles. The Bertz CT molecular complexity index is 297. The lowest BCUT2D eigenvalue weighted by molar-refractivity contribution is 0.900. The first-order chi connectivity index (χ1) is 5.65. The molecule has 1 rings (SSSR count). The van der Waals surface area contributed by atoms with E-state index in [-0.39, 0.29) is 6.04 Å². The van der Waals surface area contributed by atoms with Gasteiger partial charge in [-0.05, 0) is 13.0 Å². The highest BCUT2D eigenvalue weighted by Crippen LogP contribution is 2.21. The van der Waals surface area contributed by atoms with E-state index >= 15 is 0 Å². The van der Waals surface area contributed by atoms with E-state index in [0.29, 0.717) is 5.02 Å². The summed E-state index contributed by atoms with van der Waals surface area (Å²) in [6, 6.07) is 1.56. The molecule has 0 bridgehead atoms. The molecule has 2 nitrogen and oxygen atoms in total. The summed E-state index contributed by atoms with van der Waals surface area (Å²) in [6.07, 6.45) is 3.32. The molecule has 1 heterocycles. The monoisotopic (exact) mass is 182 g/mol. The topological polar surface area (TPSA) is 38.9 Å². The Morgan fingerprint density at radius 1 is 1.75 bits per heavy atom. The zero-order chi connectivity index (χ0) is 9.14. The largest absolute Gasteiger partial charge is 0.321 e. The van der Waals surface area contributed by atoms with Gasteiger partial charge in [0.2, 0.25) is 0 Å².